The summed E-state index contributed by atoms with van der Waals surface area (Å²) in [6, 6.07) is 68.3. The van der Waals surface area contributed by atoms with Crippen molar-refractivity contribution in [3.63, 3.8) is 0 Å². The van der Waals surface area contributed by atoms with Crippen LogP contribution in [0.25, 0.3) is 197 Å². The van der Waals surface area contributed by atoms with Crippen molar-refractivity contribution in [2.75, 3.05) is 0 Å². The number of aromatic nitrogens is 4. The van der Waals surface area contributed by atoms with Gasteiger partial charge in [-0.05, 0) is 229 Å². The van der Waals surface area contributed by atoms with Crippen LogP contribution in [0.2, 0.25) is 0 Å². The van der Waals surface area contributed by atoms with Crippen LogP contribution in [0.4, 0.5) is 22.7 Å². The Morgan fingerprint density at radius 1 is 0.319 bits per heavy atom. The number of hydrogen-bond donors (Lipinski definition) is 0. The van der Waals surface area contributed by atoms with Gasteiger partial charge in [0.2, 0.25) is 22.8 Å². The minimum atomic E-state index is -2.63. The molecule has 141 heavy (non-hydrogen) atoms. The van der Waals surface area contributed by atoms with E-state index in [-0.39, 0.29) is 68.7 Å². The summed E-state index contributed by atoms with van der Waals surface area (Å²) in [7, 11) is 6.83. The second kappa shape index (κ2) is 39.4. The van der Waals surface area contributed by atoms with E-state index in [9.17, 15) is 5.48 Å². The second-order valence-corrected chi connectivity index (χ2v) is 38.1. The molecule has 0 N–H and O–H groups in total. The Morgan fingerprint density at radius 3 is 1.01 bits per heavy atom. The lowest BCUT2D eigenvalue weighted by Crippen LogP contribution is -2.36. The van der Waals surface area contributed by atoms with Crippen LogP contribution in [-0.4, -0.2) is 0 Å². The molecule has 0 spiro atoms. The Morgan fingerprint density at radius 2 is 0.638 bits per heavy atom. The summed E-state index contributed by atoms with van der Waals surface area (Å²) in [5, 5.41) is 6.47. The summed E-state index contributed by atoms with van der Waals surface area (Å²) in [5.74, 6) is -1.72. The zero-order valence-corrected chi connectivity index (χ0v) is 83.2. The molecule has 0 aliphatic heterocycles. The molecule has 12 aromatic carbocycles. The maximum absolute atomic E-state index is 9.40. The van der Waals surface area contributed by atoms with Gasteiger partial charge in [0, 0.05) is 145 Å². The highest BCUT2D eigenvalue weighted by Crippen LogP contribution is 2.50. The highest BCUT2D eigenvalue weighted by Gasteiger charge is 2.33. The van der Waals surface area contributed by atoms with Crippen molar-refractivity contribution in [2.45, 2.75) is 171 Å². The van der Waals surface area contributed by atoms with Crippen LogP contribution in [0.1, 0.15) is 185 Å². The summed E-state index contributed by atoms with van der Waals surface area (Å²) in [4.78, 5) is 14.7. The first kappa shape index (κ1) is 70.9. The van der Waals surface area contributed by atoms with Crippen LogP contribution in [0.3, 0.4) is 0 Å². The predicted octanol–water partition coefficient (Wildman–Crippen LogP) is 34.1. The highest BCUT2D eigenvalue weighted by atomic mass is 16.3. The molecule has 0 radical (unpaired) electrons. The summed E-state index contributed by atoms with van der Waals surface area (Å²) in [6.45, 7) is 49.8. The molecule has 20 rings (SSSR count). The van der Waals surface area contributed by atoms with Gasteiger partial charge in [-0.2, -0.15) is 18.3 Å². The van der Waals surface area contributed by atoms with Gasteiger partial charge in [-0.3, -0.25) is 0 Å². The molecular weight excluding hydrogens is 1730 g/mol. The number of benzene rings is 12. The first-order valence-electron chi connectivity index (χ1n) is 59.0. The van der Waals surface area contributed by atoms with Crippen molar-refractivity contribution in [2.24, 2.45) is 51.4 Å². The Labute approximate surface area is 864 Å². The van der Waals surface area contributed by atoms with E-state index in [1.165, 1.54) is 0 Å². The zero-order valence-electron chi connectivity index (χ0n) is 107. The van der Waals surface area contributed by atoms with Gasteiger partial charge in [0.05, 0.1) is 54.0 Å². The van der Waals surface area contributed by atoms with Gasteiger partial charge in [-0.25, -0.2) is 19.4 Å². The van der Waals surface area contributed by atoms with Gasteiger partial charge in [-0.1, -0.05) is 244 Å². The molecule has 0 saturated carbocycles. The first-order valence-corrected chi connectivity index (χ1v) is 47.0. The number of fused-ring (bicyclic) bond motifs is 12. The van der Waals surface area contributed by atoms with Crippen LogP contribution in [0, 0.1) is 132 Å². The monoisotopic (exact) mass is 1880 g/mol. The third-order valence-corrected chi connectivity index (χ3v) is 26.2. The van der Waals surface area contributed by atoms with E-state index in [1.54, 1.807) is 167 Å². The highest BCUT2D eigenvalue weighted by molar-refractivity contribution is 6.19. The topological polar surface area (TPSA) is 85.5 Å². The van der Waals surface area contributed by atoms with Gasteiger partial charge in [0.15, 0.2) is 45.5 Å². The van der Waals surface area contributed by atoms with E-state index < -0.39 is 76.1 Å². The summed E-state index contributed by atoms with van der Waals surface area (Å²) in [6.07, 6.45) is -8.36. The smallest absolute Gasteiger partial charge is 0.216 e. The lowest BCUT2D eigenvalue weighted by molar-refractivity contribution is -0.667. The summed E-state index contributed by atoms with van der Waals surface area (Å²) < 4.78 is 241. The van der Waals surface area contributed by atoms with Crippen molar-refractivity contribution in [3.8, 4) is 89.5 Å². The van der Waals surface area contributed by atoms with Crippen LogP contribution in [-0.2, 0) is 53.7 Å². The normalized spacial score (nSPS) is 14.8. The molecule has 0 bridgehead atoms. The molecule has 0 amide bonds. The Kier molecular flexibility index (Phi) is 19.8. The van der Waals surface area contributed by atoms with E-state index in [0.717, 1.165) is 110 Å². The van der Waals surface area contributed by atoms with Crippen molar-refractivity contribution in [1.82, 2.24) is 0 Å². The third kappa shape index (κ3) is 18.5. The van der Waals surface area contributed by atoms with Gasteiger partial charge < -0.3 is 17.7 Å². The quantitative estimate of drug-likeness (QED) is 0.0756. The average molecular weight is 1880 g/mol. The molecule has 0 aliphatic rings. The molecule has 8 aromatic heterocycles. The van der Waals surface area contributed by atoms with Gasteiger partial charge in [-0.15, -0.1) is 0 Å². The zero-order chi connectivity index (χ0) is 121. The predicted molar refractivity (Wildman–Crippen MR) is 584 cm³/mol. The standard InChI is InChI=1S/C33H33N2O.3C32H31N2O/c1-20-14-15-25-27-17-26(23-12-10-9-11-13-23)28(34-7)18-30(27)36-32(25)31(20)29-16-24(19-33(4,5)6)21(2)22(3)35(29)8;1-19(2)15-24-17-28(34(7)22(5)21(24)4)30-20(3)16-27(23-11-9-8-10-12-23)31-26-14-13-25(33-6)18-29(26)35-32(30)31;1-19(2)15-24-16-28(34(7)22(5)21(24)4)30-20(3)13-14-26-31-27(23-11-9-8-10-12-23)17-25(33-6)18-29(31)35-32(26)30;1-19(2)15-24-16-29(34(7)22(5)21(24)4)31-20(3)13-14-25-27-17-26(23-11-9-8-10-12-23)28(33-6)18-30(27)35-32(25)31/h9-18H,19H2,1-6,8H3;3*8-14,16-19H,15H2,1-5,7H3/q4*+1/i2D3,16D,19D2;4D3,15D2,17D;2*4D3,15D2,16D. The lowest BCUT2D eigenvalue weighted by atomic mass is 9.85. The number of rotatable bonds is 15. The Bertz CT molecular complexity index is 9790. The second-order valence-electron chi connectivity index (χ2n) is 38.1. The molecule has 0 unspecified atom stereocenters. The maximum Gasteiger partial charge on any atom is 0.216 e. The fourth-order valence-electron chi connectivity index (χ4n) is 18.7. The Hall–Kier alpha value is -15.6. The molecule has 0 fully saturated rings. The molecule has 702 valence electrons. The summed E-state index contributed by atoms with van der Waals surface area (Å²) >= 11 is 0. The van der Waals surface area contributed by atoms with E-state index in [1.807, 2.05) is 216 Å². The van der Waals surface area contributed by atoms with Crippen LogP contribution in [0.5, 0.6) is 0 Å². The summed E-state index contributed by atoms with van der Waals surface area (Å²) in [5.41, 5.74) is 19.5. The van der Waals surface area contributed by atoms with E-state index in [0.29, 0.717) is 135 Å². The largest absolute Gasteiger partial charge is 0.456 e. The molecule has 8 heterocycles. The minimum absolute atomic E-state index is 0.118. The number of hydrogen-bond acceptors (Lipinski definition) is 4. The van der Waals surface area contributed by atoms with E-state index >= 15 is 0 Å². The van der Waals surface area contributed by atoms with E-state index in [4.69, 9.17) is 71.4 Å². The van der Waals surface area contributed by atoms with Gasteiger partial charge in [0.25, 0.3) is 0 Å². The van der Waals surface area contributed by atoms with Gasteiger partial charge >= 0.3 is 0 Å². The maximum atomic E-state index is 9.40. The van der Waals surface area contributed by atoms with Crippen molar-refractivity contribution in [1.29, 1.82) is 0 Å². The first-order chi connectivity index (χ1) is 77.1. The van der Waals surface area contributed by atoms with E-state index in [2.05, 4.69) is 19.4 Å². The van der Waals surface area contributed by atoms with Crippen molar-refractivity contribution >= 4 is 111 Å². The molecule has 0 aliphatic carbocycles. The molecule has 20 aromatic rings. The molecule has 0 atom stereocenters. The third-order valence-electron chi connectivity index (χ3n) is 26.2. The van der Waals surface area contributed by atoms with Crippen LogP contribution < -0.4 is 18.3 Å². The molecule has 12 nitrogen and oxygen atoms in total. The fraction of sp³-hybridized carbons (Fsp3) is 0.256. The minimum Gasteiger partial charge on any atom is -0.456 e. The molecule has 0 saturated heterocycles. The molecule has 12 heteroatoms. The van der Waals surface area contributed by atoms with Crippen molar-refractivity contribution in [3.05, 3.63) is 378 Å². The SMILES string of the molecule is [2H]c1c(C([2H])([2H])C(C)(C)C)c(C([2H])([2H])[2H])c(C)[n+](C)c1-c1c(C)ccc2c1oc1cc([N+]#[C-])c(-c3ccccc3)cc12.[2H]c1c(C([2H])([2H])C(C)C)c(C([2H])([2H])[2H])c(C)[n+](C)c1-c1c(C)cc(-c2ccccc2)c2c1oc1cc([N+]#[C-])ccc12.[2H]c1c(C([2H])([2H])C(C)C)c(C([2H])([2H])[2H])c(C)[n+](C)c1-c1c(C)ccc2c1oc1cc([N+]#[C-])c(-c3ccccc3)cc12.[2H]c1c(C([2H])([2H])C(C)C)c(C([2H])([2H])[2H])c(C)[n+](C)c1-c1c(C)ccc2c1oc1cc([N+]#[C-])cc(-c3ccccc3)c12. The van der Waals surface area contributed by atoms with Gasteiger partial charge in [0.1, 0.15) is 72.9 Å². The lowest BCUT2D eigenvalue weighted by Gasteiger charge is -2.20. The number of nitrogens with zero attached hydrogens (tertiary/aromatic N) is 8. The average Bonchev–Trinajstić information content (AvgIpc) is 0.994. The van der Waals surface area contributed by atoms with Crippen LogP contribution in [0.15, 0.2) is 260 Å². The molecular formula is C129H126N8O4+4. The number of aryl methyl sites for hydroxylation is 4. The van der Waals surface area contributed by atoms with Crippen molar-refractivity contribution < 1.29 is 68.8 Å². The Balaban J connectivity index is 0.000000147. The number of furan rings is 4. The fourth-order valence-corrected chi connectivity index (χ4v) is 18.7. The van der Waals surface area contributed by atoms with Crippen LogP contribution >= 0.6 is 0 Å². The number of pyridine rings is 4.